The Labute approximate surface area is 124 Å². The zero-order chi connectivity index (χ0) is 14.4. The van der Waals surface area contributed by atoms with Crippen LogP contribution >= 0.6 is 0 Å². The van der Waals surface area contributed by atoms with E-state index in [1.807, 2.05) is 0 Å². The van der Waals surface area contributed by atoms with E-state index in [0.717, 1.165) is 18.6 Å². The number of hydrogen-bond acceptors (Lipinski definition) is 1. The summed E-state index contributed by atoms with van der Waals surface area (Å²) in [5, 5.41) is 0. The van der Waals surface area contributed by atoms with Crippen LogP contribution in [0.5, 0.6) is 0 Å². The Morgan fingerprint density at radius 1 is 1.26 bits per heavy atom. The predicted octanol–water partition coefficient (Wildman–Crippen LogP) is 4.11. The van der Waals surface area contributed by atoms with Gasteiger partial charge in [-0.05, 0) is 37.2 Å². The molecule has 1 aliphatic heterocycles. The van der Waals surface area contributed by atoms with E-state index in [1.54, 1.807) is 5.57 Å². The summed E-state index contributed by atoms with van der Waals surface area (Å²) in [7, 11) is 6.24. The third-order valence-corrected chi connectivity index (χ3v) is 5.71. The third-order valence-electron chi connectivity index (χ3n) is 4.18. The van der Waals surface area contributed by atoms with Gasteiger partial charge in [0.2, 0.25) is 0 Å². The molecule has 0 aromatic heterocycles. The normalized spacial score (nSPS) is 24.4. The lowest BCUT2D eigenvalue weighted by atomic mass is 9.40. The van der Waals surface area contributed by atoms with Crippen molar-refractivity contribution in [2.75, 3.05) is 5.75 Å². The molecular weight excluding hydrogens is 250 g/mol. The lowest BCUT2D eigenvalue weighted by molar-refractivity contribution is 0.578. The topological polar surface area (TPSA) is 23.1 Å². The molecule has 0 aromatic rings. The average molecular weight is 278 g/mol. The van der Waals surface area contributed by atoms with Crippen molar-refractivity contribution < 1.29 is 4.55 Å². The monoisotopic (exact) mass is 278 g/mol. The molecule has 2 radical (unpaired) electrons. The van der Waals surface area contributed by atoms with Crippen LogP contribution in [0, 0.1) is 5.92 Å². The van der Waals surface area contributed by atoms with Crippen molar-refractivity contribution in [3.05, 3.63) is 11.1 Å². The molecule has 106 valence electrons. The van der Waals surface area contributed by atoms with Crippen molar-refractivity contribution in [1.29, 1.82) is 0 Å². The molecule has 0 amide bonds. The van der Waals surface area contributed by atoms with Crippen molar-refractivity contribution in [2.24, 2.45) is 5.92 Å². The zero-order valence-electron chi connectivity index (χ0n) is 13.1. The average Bonchev–Trinajstić information content (AvgIpc) is 2.37. The van der Waals surface area contributed by atoms with Crippen LogP contribution in [0.3, 0.4) is 0 Å². The fourth-order valence-corrected chi connectivity index (χ4v) is 4.74. The Morgan fingerprint density at radius 3 is 2.37 bits per heavy atom. The second kappa shape index (κ2) is 8.46. The predicted molar refractivity (Wildman–Crippen MR) is 89.2 cm³/mol. The molecule has 0 aliphatic carbocycles. The van der Waals surface area contributed by atoms with Gasteiger partial charge in [-0.25, -0.2) is 0 Å². The molecule has 1 aliphatic rings. The second-order valence-electron chi connectivity index (χ2n) is 6.10. The van der Waals surface area contributed by atoms with E-state index in [-0.39, 0.29) is 5.88 Å². The van der Waals surface area contributed by atoms with Gasteiger partial charge >= 0.3 is 5.88 Å². The standard InChI is InChI=1S/C15H28B2OS/c1-5-7-9-13-11-19(18)17(16)15(12(3)4)14(13)10-8-6-2/h12,15H,5-11H2,1-4H3. The van der Waals surface area contributed by atoms with Gasteiger partial charge in [-0.1, -0.05) is 46.1 Å². The molecule has 2 atom stereocenters. The van der Waals surface area contributed by atoms with Gasteiger partial charge in [0.15, 0.2) is 0 Å². The molecular formula is C15H28B2OS. The summed E-state index contributed by atoms with van der Waals surface area (Å²) in [5.41, 5.74) is 3.02. The minimum Gasteiger partial charge on any atom is -0.635 e. The lowest BCUT2D eigenvalue weighted by Gasteiger charge is -2.36. The molecule has 1 heterocycles. The van der Waals surface area contributed by atoms with E-state index in [1.165, 1.54) is 31.3 Å². The molecule has 1 nitrogen and oxygen atoms in total. The van der Waals surface area contributed by atoms with Crippen LogP contribution in [0.2, 0.25) is 5.82 Å². The minimum absolute atomic E-state index is 0.155. The molecule has 0 aromatic carbocycles. The fourth-order valence-electron chi connectivity index (χ4n) is 3.07. The van der Waals surface area contributed by atoms with Gasteiger partial charge in [-0.2, -0.15) is 0 Å². The highest BCUT2D eigenvalue weighted by Gasteiger charge is 2.42. The Hall–Kier alpha value is 0.180. The molecule has 0 spiro atoms. The smallest absolute Gasteiger partial charge is 0.354 e. The molecule has 19 heavy (non-hydrogen) atoms. The number of allylic oxidation sites excluding steroid dienone is 1. The van der Waals surface area contributed by atoms with Gasteiger partial charge in [-0.15, -0.1) is 11.0 Å². The van der Waals surface area contributed by atoms with Crippen LogP contribution in [0.4, 0.5) is 0 Å². The van der Waals surface area contributed by atoms with Crippen molar-refractivity contribution in [1.82, 2.24) is 0 Å². The van der Waals surface area contributed by atoms with E-state index in [0.29, 0.717) is 11.7 Å². The summed E-state index contributed by atoms with van der Waals surface area (Å²) in [4.78, 5) is 0. The summed E-state index contributed by atoms with van der Waals surface area (Å²) < 4.78 is 12.3. The van der Waals surface area contributed by atoms with Crippen LogP contribution in [-0.4, -0.2) is 23.9 Å². The molecule has 4 heteroatoms. The Bertz CT molecular complexity index is 305. The summed E-state index contributed by atoms with van der Waals surface area (Å²) in [6, 6.07) is 0. The first-order valence-corrected chi connectivity index (χ1v) is 9.24. The molecule has 0 N–H and O–H groups in total. The first-order chi connectivity index (χ1) is 9.02. The van der Waals surface area contributed by atoms with Gasteiger partial charge in [0.1, 0.15) is 13.5 Å². The maximum Gasteiger partial charge on any atom is 0.354 e. The SMILES string of the molecule is [B]B1C(C(C)C)C(CCCC)=C(CCCC)C[S+]1[O-]. The highest BCUT2D eigenvalue weighted by Crippen LogP contribution is 2.41. The van der Waals surface area contributed by atoms with Crippen molar-refractivity contribution in [3.63, 3.8) is 0 Å². The van der Waals surface area contributed by atoms with E-state index < -0.39 is 11.0 Å². The van der Waals surface area contributed by atoms with E-state index >= 15 is 0 Å². The molecule has 1 rings (SSSR count). The van der Waals surface area contributed by atoms with Crippen LogP contribution in [0.25, 0.3) is 0 Å². The molecule has 0 fully saturated rings. The Kier molecular flexibility index (Phi) is 7.68. The zero-order valence-corrected chi connectivity index (χ0v) is 13.9. The van der Waals surface area contributed by atoms with Crippen LogP contribution in [0.15, 0.2) is 11.1 Å². The van der Waals surface area contributed by atoms with Gasteiger partial charge < -0.3 is 4.55 Å². The number of unbranched alkanes of at least 4 members (excludes halogenated alkanes) is 2. The van der Waals surface area contributed by atoms with Gasteiger partial charge in [-0.3, -0.25) is 0 Å². The van der Waals surface area contributed by atoms with Crippen LogP contribution in [0.1, 0.15) is 66.2 Å². The van der Waals surface area contributed by atoms with Crippen LogP contribution < -0.4 is 0 Å². The Balaban J connectivity index is 2.99. The summed E-state index contributed by atoms with van der Waals surface area (Å²) >= 11 is -0.875. The quantitative estimate of drug-likeness (QED) is 0.390. The second-order valence-corrected chi connectivity index (χ2v) is 7.69. The molecule has 0 saturated heterocycles. The highest BCUT2D eigenvalue weighted by atomic mass is 32.2. The number of rotatable bonds is 7. The van der Waals surface area contributed by atoms with Crippen molar-refractivity contribution in [2.45, 2.75) is 72.0 Å². The largest absolute Gasteiger partial charge is 0.635 e. The molecule has 0 bridgehead atoms. The number of hydrogen-bond donors (Lipinski definition) is 0. The maximum absolute atomic E-state index is 12.3. The lowest BCUT2D eigenvalue weighted by Crippen LogP contribution is -2.42. The first kappa shape index (κ1) is 17.2. The maximum atomic E-state index is 12.3. The van der Waals surface area contributed by atoms with Crippen molar-refractivity contribution >= 4 is 24.6 Å². The van der Waals surface area contributed by atoms with E-state index in [9.17, 15) is 4.55 Å². The van der Waals surface area contributed by atoms with Crippen LogP contribution in [-0.2, 0) is 11.0 Å². The molecule has 2 unspecified atom stereocenters. The summed E-state index contributed by atoms with van der Waals surface area (Å²) in [6.07, 6.45) is 7.14. The summed E-state index contributed by atoms with van der Waals surface area (Å²) in [6.45, 7) is 8.89. The minimum atomic E-state index is -0.875. The van der Waals surface area contributed by atoms with E-state index in [2.05, 4.69) is 27.7 Å². The van der Waals surface area contributed by atoms with Gasteiger partial charge in [0.25, 0.3) is 0 Å². The Morgan fingerprint density at radius 2 is 1.84 bits per heavy atom. The summed E-state index contributed by atoms with van der Waals surface area (Å²) in [5.74, 6) is 1.39. The van der Waals surface area contributed by atoms with E-state index in [4.69, 9.17) is 7.74 Å². The molecule has 0 saturated carbocycles. The highest BCUT2D eigenvalue weighted by molar-refractivity contribution is 8.23. The fraction of sp³-hybridized carbons (Fsp3) is 0.867. The van der Waals surface area contributed by atoms with Gasteiger partial charge in [0, 0.05) is 5.82 Å². The first-order valence-electron chi connectivity index (χ1n) is 7.86. The third kappa shape index (κ3) is 4.60. The van der Waals surface area contributed by atoms with Crippen molar-refractivity contribution in [3.8, 4) is 0 Å². The van der Waals surface area contributed by atoms with Gasteiger partial charge in [0.05, 0.1) is 0 Å².